The highest BCUT2D eigenvalue weighted by molar-refractivity contribution is 5.63. The normalized spacial score (nSPS) is 14.8. The van der Waals surface area contributed by atoms with Gasteiger partial charge in [0.1, 0.15) is 11.6 Å². The number of aromatic nitrogens is 2. The average molecular weight is 375 g/mol. The Balaban J connectivity index is 1.50. The Morgan fingerprint density at radius 1 is 0.964 bits per heavy atom. The zero-order valence-corrected chi connectivity index (χ0v) is 15.5. The van der Waals surface area contributed by atoms with E-state index >= 15 is 0 Å². The van der Waals surface area contributed by atoms with Crippen molar-refractivity contribution in [1.82, 2.24) is 10.2 Å². The molecule has 0 aliphatic heterocycles. The van der Waals surface area contributed by atoms with Crippen LogP contribution in [0.15, 0.2) is 73.1 Å². The number of nitrogens with zero attached hydrogens (tertiary/aromatic N) is 2. The fourth-order valence-corrected chi connectivity index (χ4v) is 3.49. The van der Waals surface area contributed by atoms with Crippen molar-refractivity contribution in [3.63, 3.8) is 0 Å². The van der Waals surface area contributed by atoms with E-state index in [-0.39, 0.29) is 11.4 Å². The molecule has 6 heteroatoms. The first kappa shape index (κ1) is 18.0. The first-order valence-corrected chi connectivity index (χ1v) is 9.24. The lowest BCUT2D eigenvalue weighted by Crippen LogP contribution is -2.42. The van der Waals surface area contributed by atoms with Crippen LogP contribution >= 0.6 is 0 Å². The summed E-state index contributed by atoms with van der Waals surface area (Å²) in [6.45, 7) is 3.63. The molecule has 0 radical (unpaired) electrons. The second-order valence-electron chi connectivity index (χ2n) is 7.10. The van der Waals surface area contributed by atoms with Gasteiger partial charge < -0.3 is 16.4 Å². The first-order valence-electron chi connectivity index (χ1n) is 9.24. The molecule has 4 rings (SSSR count). The summed E-state index contributed by atoms with van der Waals surface area (Å²) in [5.74, 6) is 0.888. The highest BCUT2D eigenvalue weighted by atomic mass is 19.1. The predicted molar refractivity (Wildman–Crippen MR) is 110 cm³/mol. The SMILES string of the molecule is C=C(N)Nc1ccc(-c2ccc(NC3(c4ccc(F)cc4)CCC3)nn2)cc1. The number of anilines is 2. The molecule has 142 valence electrons. The van der Waals surface area contributed by atoms with Gasteiger partial charge in [-0.15, -0.1) is 10.2 Å². The maximum Gasteiger partial charge on any atom is 0.149 e. The molecule has 1 aliphatic rings. The fraction of sp³-hybridized carbons (Fsp3) is 0.182. The summed E-state index contributed by atoms with van der Waals surface area (Å²) < 4.78 is 13.3. The van der Waals surface area contributed by atoms with Crippen molar-refractivity contribution >= 4 is 11.5 Å². The molecule has 3 aromatic rings. The van der Waals surface area contributed by atoms with Gasteiger partial charge in [-0.3, -0.25) is 0 Å². The molecule has 1 heterocycles. The van der Waals surface area contributed by atoms with Gasteiger partial charge in [0.05, 0.1) is 17.1 Å². The lowest BCUT2D eigenvalue weighted by atomic mass is 9.72. The molecular formula is C22H22FN5. The monoisotopic (exact) mass is 375 g/mol. The van der Waals surface area contributed by atoms with Gasteiger partial charge in [-0.2, -0.15) is 0 Å². The topological polar surface area (TPSA) is 75.9 Å². The molecule has 0 unspecified atom stereocenters. The number of nitrogens with two attached hydrogens (primary N) is 1. The van der Waals surface area contributed by atoms with E-state index in [1.807, 2.05) is 48.5 Å². The van der Waals surface area contributed by atoms with Crippen LogP contribution in [-0.2, 0) is 5.54 Å². The van der Waals surface area contributed by atoms with Gasteiger partial charge in [0.2, 0.25) is 0 Å². The third-order valence-electron chi connectivity index (χ3n) is 5.12. The standard InChI is InChI=1S/C22H22FN5/c1-15(24)25-19-9-3-16(4-10-19)20-11-12-21(28-27-20)26-22(13-2-14-22)17-5-7-18(23)8-6-17/h3-12,25H,1-2,13-14,24H2,(H,26,28). The average Bonchev–Trinajstić information content (AvgIpc) is 2.66. The molecule has 2 aromatic carbocycles. The molecule has 0 bridgehead atoms. The maximum atomic E-state index is 13.3. The Hall–Kier alpha value is -3.41. The highest BCUT2D eigenvalue weighted by Crippen LogP contribution is 2.43. The molecule has 0 spiro atoms. The molecule has 1 aliphatic carbocycles. The van der Waals surface area contributed by atoms with Crippen LogP contribution in [0, 0.1) is 5.82 Å². The minimum atomic E-state index is -0.223. The van der Waals surface area contributed by atoms with Crippen LogP contribution in [0.2, 0.25) is 0 Å². The van der Waals surface area contributed by atoms with Gasteiger partial charge in [0.15, 0.2) is 0 Å². The van der Waals surface area contributed by atoms with Crippen molar-refractivity contribution in [3.8, 4) is 11.3 Å². The molecule has 4 N–H and O–H groups in total. The van der Waals surface area contributed by atoms with Crippen molar-refractivity contribution in [2.45, 2.75) is 24.8 Å². The van der Waals surface area contributed by atoms with Crippen molar-refractivity contribution in [3.05, 3.63) is 84.4 Å². The Labute approximate surface area is 163 Å². The van der Waals surface area contributed by atoms with Crippen molar-refractivity contribution in [2.75, 3.05) is 10.6 Å². The molecule has 0 amide bonds. The van der Waals surface area contributed by atoms with Gasteiger partial charge in [0, 0.05) is 11.3 Å². The summed E-state index contributed by atoms with van der Waals surface area (Å²) in [5, 5.41) is 15.2. The van der Waals surface area contributed by atoms with Gasteiger partial charge >= 0.3 is 0 Å². The summed E-state index contributed by atoms with van der Waals surface area (Å²) in [4.78, 5) is 0. The third-order valence-corrected chi connectivity index (χ3v) is 5.12. The summed E-state index contributed by atoms with van der Waals surface area (Å²) in [6.07, 6.45) is 3.11. The van der Waals surface area contributed by atoms with Gasteiger partial charge in [0.25, 0.3) is 0 Å². The van der Waals surface area contributed by atoms with Crippen LogP contribution in [0.4, 0.5) is 15.9 Å². The first-order chi connectivity index (χ1) is 13.5. The maximum absolute atomic E-state index is 13.3. The minimum absolute atomic E-state index is 0.193. The second-order valence-corrected chi connectivity index (χ2v) is 7.10. The van der Waals surface area contributed by atoms with E-state index in [4.69, 9.17) is 5.73 Å². The molecule has 28 heavy (non-hydrogen) atoms. The van der Waals surface area contributed by atoms with E-state index in [9.17, 15) is 4.39 Å². The number of benzene rings is 2. The summed E-state index contributed by atoms with van der Waals surface area (Å²) >= 11 is 0. The summed E-state index contributed by atoms with van der Waals surface area (Å²) in [6, 6.07) is 18.3. The Bertz CT molecular complexity index is 961. The molecule has 1 saturated carbocycles. The largest absolute Gasteiger partial charge is 0.386 e. The van der Waals surface area contributed by atoms with Crippen LogP contribution in [0.3, 0.4) is 0 Å². The number of halogens is 1. The summed E-state index contributed by atoms with van der Waals surface area (Å²) in [7, 11) is 0. The zero-order valence-electron chi connectivity index (χ0n) is 15.5. The molecule has 1 aromatic heterocycles. The lowest BCUT2D eigenvalue weighted by Gasteiger charge is -2.43. The van der Waals surface area contributed by atoms with Crippen LogP contribution in [-0.4, -0.2) is 10.2 Å². The molecule has 0 atom stereocenters. The molecule has 1 fully saturated rings. The van der Waals surface area contributed by atoms with Crippen LogP contribution in [0.1, 0.15) is 24.8 Å². The predicted octanol–water partition coefficient (Wildman–Crippen LogP) is 4.62. The number of hydrogen-bond donors (Lipinski definition) is 3. The van der Waals surface area contributed by atoms with E-state index < -0.39 is 0 Å². The van der Waals surface area contributed by atoms with Gasteiger partial charge in [-0.1, -0.05) is 30.8 Å². The zero-order chi connectivity index (χ0) is 19.6. The van der Waals surface area contributed by atoms with E-state index in [1.54, 1.807) is 0 Å². The van der Waals surface area contributed by atoms with Crippen LogP contribution < -0.4 is 16.4 Å². The molecule has 5 nitrogen and oxygen atoms in total. The van der Waals surface area contributed by atoms with Gasteiger partial charge in [-0.05, 0) is 61.2 Å². The Morgan fingerprint density at radius 3 is 2.21 bits per heavy atom. The van der Waals surface area contributed by atoms with E-state index in [1.165, 1.54) is 12.1 Å². The van der Waals surface area contributed by atoms with Crippen LogP contribution in [0.25, 0.3) is 11.3 Å². The van der Waals surface area contributed by atoms with Gasteiger partial charge in [-0.25, -0.2) is 4.39 Å². The number of rotatable bonds is 6. The summed E-state index contributed by atoms with van der Waals surface area (Å²) in [5.41, 5.74) is 9.06. The lowest BCUT2D eigenvalue weighted by molar-refractivity contribution is 0.283. The smallest absolute Gasteiger partial charge is 0.149 e. The van der Waals surface area contributed by atoms with Crippen molar-refractivity contribution in [2.24, 2.45) is 5.73 Å². The second kappa shape index (κ2) is 7.31. The van der Waals surface area contributed by atoms with Crippen LogP contribution in [0.5, 0.6) is 0 Å². The van der Waals surface area contributed by atoms with E-state index in [0.717, 1.165) is 41.8 Å². The molecular weight excluding hydrogens is 353 g/mol. The minimum Gasteiger partial charge on any atom is -0.386 e. The Morgan fingerprint density at radius 2 is 1.68 bits per heavy atom. The van der Waals surface area contributed by atoms with Crippen molar-refractivity contribution in [1.29, 1.82) is 0 Å². The third kappa shape index (κ3) is 3.67. The van der Waals surface area contributed by atoms with Crippen molar-refractivity contribution < 1.29 is 4.39 Å². The number of nitrogens with one attached hydrogen (secondary N) is 2. The highest BCUT2D eigenvalue weighted by Gasteiger charge is 2.39. The quantitative estimate of drug-likeness (QED) is 0.586. The fourth-order valence-electron chi connectivity index (χ4n) is 3.49. The Kier molecular flexibility index (Phi) is 4.69. The number of hydrogen-bond acceptors (Lipinski definition) is 5. The molecule has 0 saturated heterocycles. The van der Waals surface area contributed by atoms with E-state index in [0.29, 0.717) is 11.6 Å². The van der Waals surface area contributed by atoms with E-state index in [2.05, 4.69) is 27.4 Å².